The highest BCUT2D eigenvalue weighted by Gasteiger charge is 2.37. The molecule has 2 aliphatic rings. The van der Waals surface area contributed by atoms with Crippen LogP contribution in [0.15, 0.2) is 23.6 Å². The molecule has 2 heterocycles. The molecule has 0 radical (unpaired) electrons. The number of phenolic OH excluding ortho intramolecular Hbond substituents is 1. The number of nitro groups is 1. The molecule has 4 N–H and O–H groups in total. The fraction of sp³-hybridized carbons (Fsp3) is 0.429. The number of benzene rings is 1. The number of H-pyrrole nitrogens is 1. The van der Waals surface area contributed by atoms with Crippen LogP contribution in [0.5, 0.6) is 17.4 Å². The number of hydrogen-bond acceptors (Lipinski definition) is 8. The Morgan fingerprint density at radius 2 is 2.19 bits per heavy atom. The molecule has 162 valence electrons. The van der Waals surface area contributed by atoms with Crippen molar-refractivity contribution in [1.82, 2.24) is 10.2 Å². The summed E-state index contributed by atoms with van der Waals surface area (Å²) in [4.78, 5) is 10.8. The van der Waals surface area contributed by atoms with Gasteiger partial charge in [0.25, 0.3) is 0 Å². The minimum absolute atomic E-state index is 0.0656. The van der Waals surface area contributed by atoms with Crippen molar-refractivity contribution < 1.29 is 19.5 Å². The van der Waals surface area contributed by atoms with E-state index in [-0.39, 0.29) is 23.1 Å². The first-order chi connectivity index (χ1) is 14.9. The number of fused-ring (bicyclic) bond motifs is 1. The lowest BCUT2D eigenvalue weighted by Crippen LogP contribution is -2.21. The molecule has 0 bridgehead atoms. The number of aromatic hydroxyl groups is 1. The van der Waals surface area contributed by atoms with E-state index in [1.807, 2.05) is 0 Å². The lowest BCUT2D eigenvalue weighted by molar-refractivity contribution is -0.386. The number of nitrogens with zero attached hydrogens (tertiary/aromatic N) is 3. The minimum Gasteiger partial charge on any atom is -0.500 e. The van der Waals surface area contributed by atoms with Crippen LogP contribution in [-0.2, 0) is 6.42 Å². The fourth-order valence-electron chi connectivity index (χ4n) is 4.56. The summed E-state index contributed by atoms with van der Waals surface area (Å²) >= 11 is 0. The summed E-state index contributed by atoms with van der Waals surface area (Å²) in [5.41, 5.74) is 7.40. The van der Waals surface area contributed by atoms with Gasteiger partial charge >= 0.3 is 5.69 Å². The quantitative estimate of drug-likeness (QED) is 0.469. The summed E-state index contributed by atoms with van der Waals surface area (Å²) in [6.07, 6.45) is 6.57. The maximum Gasteiger partial charge on any atom is 0.314 e. The van der Waals surface area contributed by atoms with Crippen molar-refractivity contribution in [2.24, 2.45) is 11.7 Å². The van der Waals surface area contributed by atoms with E-state index >= 15 is 0 Å². The second-order valence-corrected chi connectivity index (χ2v) is 7.88. The zero-order valence-electron chi connectivity index (χ0n) is 17.1. The van der Waals surface area contributed by atoms with Gasteiger partial charge < -0.3 is 20.3 Å². The van der Waals surface area contributed by atoms with Gasteiger partial charge in [-0.05, 0) is 30.4 Å². The normalized spacial score (nSPS) is 18.4. The summed E-state index contributed by atoms with van der Waals surface area (Å²) in [7, 11) is 1.30. The van der Waals surface area contributed by atoms with Crippen LogP contribution in [-0.4, -0.2) is 27.3 Å². The van der Waals surface area contributed by atoms with Gasteiger partial charge in [0, 0.05) is 17.3 Å². The van der Waals surface area contributed by atoms with E-state index in [0.29, 0.717) is 23.5 Å². The number of aromatic nitrogens is 2. The third-order valence-corrected chi connectivity index (χ3v) is 6.12. The van der Waals surface area contributed by atoms with Gasteiger partial charge in [-0.2, -0.15) is 5.26 Å². The summed E-state index contributed by atoms with van der Waals surface area (Å²) in [6.45, 7) is 0. The van der Waals surface area contributed by atoms with Crippen LogP contribution in [0.1, 0.15) is 54.8 Å². The smallest absolute Gasteiger partial charge is 0.314 e. The van der Waals surface area contributed by atoms with Gasteiger partial charge in [0.1, 0.15) is 11.6 Å². The van der Waals surface area contributed by atoms with Crippen LogP contribution in [0.2, 0.25) is 0 Å². The molecule has 31 heavy (non-hydrogen) atoms. The SMILES string of the molecule is COc1cc(C2C(C#N)=C(N)Oc3n[nH]c(CCC4CCCC4)c32)cc([N+](=O)[O-])c1O. The van der Waals surface area contributed by atoms with E-state index in [2.05, 4.69) is 16.3 Å². The predicted octanol–water partition coefficient (Wildman–Crippen LogP) is 3.37. The molecule has 1 fully saturated rings. The number of aryl methyl sites for hydroxylation is 1. The molecule has 1 aliphatic heterocycles. The van der Waals surface area contributed by atoms with Crippen molar-refractivity contribution in [3.8, 4) is 23.4 Å². The number of phenols is 1. The number of aromatic amines is 1. The largest absolute Gasteiger partial charge is 0.500 e. The van der Waals surface area contributed by atoms with E-state index in [0.717, 1.165) is 12.1 Å². The topological polar surface area (TPSA) is 160 Å². The summed E-state index contributed by atoms with van der Waals surface area (Å²) in [6, 6.07) is 4.78. The number of nitro benzene ring substituents is 1. The minimum atomic E-state index is -0.737. The van der Waals surface area contributed by atoms with Gasteiger partial charge in [0.15, 0.2) is 5.75 Å². The average molecular weight is 425 g/mol. The molecule has 1 unspecified atom stereocenters. The Bertz CT molecular complexity index is 1090. The van der Waals surface area contributed by atoms with Crippen LogP contribution in [0.3, 0.4) is 0 Å². The van der Waals surface area contributed by atoms with E-state index in [1.165, 1.54) is 44.9 Å². The Morgan fingerprint density at radius 1 is 1.45 bits per heavy atom. The van der Waals surface area contributed by atoms with Crippen molar-refractivity contribution in [2.45, 2.75) is 44.4 Å². The zero-order chi connectivity index (χ0) is 22.1. The molecule has 1 atom stereocenters. The standard InChI is InChI=1S/C21H23N5O5/c1-30-16-9-12(8-15(19(16)27)26(28)29)17-13(10-22)20(23)31-21-18(17)14(24-25-21)7-6-11-4-2-3-5-11/h8-9,11,17,27H,2-7,23H2,1H3,(H,24,25). The number of ether oxygens (including phenoxy) is 2. The van der Waals surface area contributed by atoms with Crippen molar-refractivity contribution in [3.05, 3.63) is 50.5 Å². The number of nitrogens with one attached hydrogen (secondary N) is 1. The van der Waals surface area contributed by atoms with Crippen molar-refractivity contribution in [2.75, 3.05) is 7.11 Å². The molecule has 1 aromatic carbocycles. The van der Waals surface area contributed by atoms with Crippen molar-refractivity contribution in [3.63, 3.8) is 0 Å². The second kappa shape index (κ2) is 8.18. The molecule has 0 amide bonds. The van der Waals surface area contributed by atoms with Crippen molar-refractivity contribution >= 4 is 5.69 Å². The van der Waals surface area contributed by atoms with Gasteiger partial charge in [-0.1, -0.05) is 25.7 Å². The van der Waals surface area contributed by atoms with Crippen LogP contribution >= 0.6 is 0 Å². The molecule has 0 spiro atoms. The second-order valence-electron chi connectivity index (χ2n) is 7.88. The Hall–Kier alpha value is -3.74. The number of hydrogen-bond donors (Lipinski definition) is 3. The molecule has 1 aliphatic carbocycles. The van der Waals surface area contributed by atoms with Crippen LogP contribution < -0.4 is 15.2 Å². The highest BCUT2D eigenvalue weighted by molar-refractivity contribution is 5.63. The molecular formula is C21H23N5O5. The fourth-order valence-corrected chi connectivity index (χ4v) is 4.56. The van der Waals surface area contributed by atoms with Gasteiger partial charge in [-0.15, -0.1) is 5.10 Å². The Balaban J connectivity index is 1.82. The molecule has 0 saturated heterocycles. The zero-order valence-corrected chi connectivity index (χ0v) is 17.1. The first kappa shape index (κ1) is 20.5. The number of allylic oxidation sites excluding steroid dienone is 1. The number of nitriles is 1. The maximum atomic E-state index is 11.5. The number of nitrogens with two attached hydrogens (primary N) is 1. The highest BCUT2D eigenvalue weighted by Crippen LogP contribution is 2.47. The predicted molar refractivity (Wildman–Crippen MR) is 109 cm³/mol. The third kappa shape index (κ3) is 3.63. The highest BCUT2D eigenvalue weighted by atomic mass is 16.6. The maximum absolute atomic E-state index is 11.5. The molecule has 10 heteroatoms. The molecule has 1 aromatic heterocycles. The Morgan fingerprint density at radius 3 is 2.84 bits per heavy atom. The first-order valence-electron chi connectivity index (χ1n) is 10.1. The average Bonchev–Trinajstić information content (AvgIpc) is 3.41. The summed E-state index contributed by atoms with van der Waals surface area (Å²) < 4.78 is 10.7. The lowest BCUT2D eigenvalue weighted by atomic mass is 9.82. The Kier molecular flexibility index (Phi) is 5.42. The molecule has 10 nitrogen and oxygen atoms in total. The lowest BCUT2D eigenvalue weighted by Gasteiger charge is -2.24. The third-order valence-electron chi connectivity index (χ3n) is 6.12. The van der Waals surface area contributed by atoms with E-state index in [4.69, 9.17) is 15.2 Å². The van der Waals surface area contributed by atoms with E-state index < -0.39 is 22.3 Å². The number of rotatable bonds is 6. The number of methoxy groups -OCH3 is 1. The van der Waals surface area contributed by atoms with E-state index in [1.54, 1.807) is 0 Å². The van der Waals surface area contributed by atoms with Crippen molar-refractivity contribution in [1.29, 1.82) is 5.26 Å². The first-order valence-corrected chi connectivity index (χ1v) is 10.1. The van der Waals surface area contributed by atoms with Crippen LogP contribution in [0.4, 0.5) is 5.69 Å². The molecule has 1 saturated carbocycles. The van der Waals surface area contributed by atoms with Gasteiger partial charge in [-0.3, -0.25) is 15.2 Å². The molecule has 2 aromatic rings. The van der Waals surface area contributed by atoms with Gasteiger partial charge in [-0.25, -0.2) is 0 Å². The Labute approximate surface area is 178 Å². The molecule has 4 rings (SSSR count). The van der Waals surface area contributed by atoms with Crippen LogP contribution in [0.25, 0.3) is 0 Å². The van der Waals surface area contributed by atoms with Gasteiger partial charge in [0.2, 0.25) is 17.5 Å². The monoisotopic (exact) mass is 425 g/mol. The summed E-state index contributed by atoms with van der Waals surface area (Å²) in [5.74, 6) is -0.593. The van der Waals surface area contributed by atoms with Crippen LogP contribution in [0, 0.1) is 27.4 Å². The van der Waals surface area contributed by atoms with Gasteiger partial charge in [0.05, 0.1) is 18.0 Å². The molecular weight excluding hydrogens is 402 g/mol. The summed E-state index contributed by atoms with van der Waals surface area (Å²) in [5, 5.41) is 38.7. The van der Waals surface area contributed by atoms with E-state index in [9.17, 15) is 20.5 Å².